The number of rotatable bonds is 4. The van der Waals surface area contributed by atoms with E-state index in [0.29, 0.717) is 18.6 Å². The predicted molar refractivity (Wildman–Crippen MR) is 70.5 cm³/mol. The first-order valence-corrected chi connectivity index (χ1v) is 7.03. The third-order valence-corrected chi connectivity index (χ3v) is 3.86. The van der Waals surface area contributed by atoms with Crippen LogP contribution in [0.5, 0.6) is 0 Å². The van der Waals surface area contributed by atoms with Crippen LogP contribution in [-0.2, 0) is 9.53 Å². The van der Waals surface area contributed by atoms with Gasteiger partial charge in [0.2, 0.25) is 5.91 Å². The number of carbonyl (C=O) groups is 1. The Morgan fingerprint density at radius 1 is 1.17 bits per heavy atom. The summed E-state index contributed by atoms with van der Waals surface area (Å²) in [6.45, 7) is 4.24. The van der Waals surface area contributed by atoms with Crippen molar-refractivity contribution in [3.05, 3.63) is 0 Å². The number of nitrogens with zero attached hydrogens (tertiary/aromatic N) is 1. The average molecular weight is 255 g/mol. The molecule has 0 radical (unpaired) electrons. The van der Waals surface area contributed by atoms with E-state index in [4.69, 9.17) is 4.74 Å². The minimum atomic E-state index is 0.126. The van der Waals surface area contributed by atoms with Crippen LogP contribution < -0.4 is 10.6 Å². The lowest BCUT2D eigenvalue weighted by Crippen LogP contribution is -2.47. The molecule has 0 saturated carbocycles. The highest BCUT2D eigenvalue weighted by Gasteiger charge is 2.19. The Morgan fingerprint density at radius 2 is 1.83 bits per heavy atom. The van der Waals surface area contributed by atoms with E-state index in [1.54, 1.807) is 0 Å². The highest BCUT2D eigenvalue weighted by Crippen LogP contribution is 2.08. The molecule has 2 aliphatic rings. The molecule has 2 saturated heterocycles. The van der Waals surface area contributed by atoms with Gasteiger partial charge in [0.1, 0.15) is 0 Å². The maximum Gasteiger partial charge on any atom is 0.234 e. The molecule has 0 atom stereocenters. The Labute approximate surface area is 109 Å². The summed E-state index contributed by atoms with van der Waals surface area (Å²) in [5, 5.41) is 6.44. The van der Waals surface area contributed by atoms with Crippen LogP contribution in [0.25, 0.3) is 0 Å². The molecular weight excluding hydrogens is 230 g/mol. The average Bonchev–Trinajstić information content (AvgIpc) is 2.39. The predicted octanol–water partition coefficient (Wildman–Crippen LogP) is -0.0346. The van der Waals surface area contributed by atoms with Gasteiger partial charge in [0.25, 0.3) is 0 Å². The van der Waals surface area contributed by atoms with Gasteiger partial charge in [0.15, 0.2) is 0 Å². The molecule has 1 amide bonds. The smallest absolute Gasteiger partial charge is 0.234 e. The van der Waals surface area contributed by atoms with Crippen LogP contribution in [0.1, 0.15) is 25.7 Å². The van der Waals surface area contributed by atoms with Crippen LogP contribution in [0.2, 0.25) is 0 Å². The first-order chi connectivity index (χ1) is 8.74. The fourth-order valence-corrected chi connectivity index (χ4v) is 2.57. The molecule has 104 valence electrons. The summed E-state index contributed by atoms with van der Waals surface area (Å²) < 4.78 is 5.27. The minimum Gasteiger partial charge on any atom is -0.381 e. The largest absolute Gasteiger partial charge is 0.381 e. The van der Waals surface area contributed by atoms with Crippen molar-refractivity contribution in [3.8, 4) is 0 Å². The first-order valence-electron chi connectivity index (χ1n) is 7.03. The van der Waals surface area contributed by atoms with E-state index in [0.717, 1.165) is 52.0 Å². The number of hydrogen-bond acceptors (Lipinski definition) is 4. The maximum absolute atomic E-state index is 11.8. The Kier molecular flexibility index (Phi) is 5.41. The second kappa shape index (κ2) is 7.07. The number of piperidine rings is 1. The van der Waals surface area contributed by atoms with Crippen LogP contribution in [-0.4, -0.2) is 62.8 Å². The first kappa shape index (κ1) is 13.8. The fourth-order valence-electron chi connectivity index (χ4n) is 2.57. The van der Waals surface area contributed by atoms with E-state index < -0.39 is 0 Å². The molecule has 0 unspecified atom stereocenters. The van der Waals surface area contributed by atoms with Gasteiger partial charge in [-0.05, 0) is 45.8 Å². The molecule has 0 bridgehead atoms. The topological polar surface area (TPSA) is 53.6 Å². The number of carbonyl (C=O) groups excluding carboxylic acids is 1. The van der Waals surface area contributed by atoms with Gasteiger partial charge in [-0.3, -0.25) is 4.79 Å². The summed E-state index contributed by atoms with van der Waals surface area (Å²) in [6.07, 6.45) is 4.17. The Hall–Kier alpha value is -0.650. The van der Waals surface area contributed by atoms with Crippen LogP contribution in [0, 0.1) is 0 Å². The molecular formula is C13H25N3O2. The Morgan fingerprint density at radius 3 is 2.50 bits per heavy atom. The zero-order valence-corrected chi connectivity index (χ0v) is 11.3. The maximum atomic E-state index is 11.8. The monoisotopic (exact) mass is 255 g/mol. The molecule has 0 aromatic heterocycles. The zero-order chi connectivity index (χ0) is 12.8. The van der Waals surface area contributed by atoms with Crippen LogP contribution in [0.4, 0.5) is 0 Å². The standard InChI is InChI=1S/C13H25N3O2/c1-16-6-2-11(3-7-16)14-10-13(17)15-12-4-8-18-9-5-12/h11-12,14H,2-10H2,1H3,(H,15,17). The molecule has 2 rings (SSSR count). The van der Waals surface area contributed by atoms with E-state index in [-0.39, 0.29) is 5.91 Å². The zero-order valence-electron chi connectivity index (χ0n) is 11.3. The molecule has 2 N–H and O–H groups in total. The summed E-state index contributed by atoms with van der Waals surface area (Å²) in [5.41, 5.74) is 0. The van der Waals surface area contributed by atoms with Gasteiger partial charge in [-0.25, -0.2) is 0 Å². The summed E-state index contributed by atoms with van der Waals surface area (Å²) in [7, 11) is 2.15. The molecule has 0 aromatic rings. The number of hydrogen-bond donors (Lipinski definition) is 2. The number of likely N-dealkylation sites (tertiary alicyclic amines) is 1. The quantitative estimate of drug-likeness (QED) is 0.740. The lowest BCUT2D eigenvalue weighted by molar-refractivity contribution is -0.121. The van der Waals surface area contributed by atoms with Gasteiger partial charge in [-0.15, -0.1) is 0 Å². The van der Waals surface area contributed by atoms with Crippen molar-refractivity contribution < 1.29 is 9.53 Å². The summed E-state index contributed by atoms with van der Waals surface area (Å²) in [4.78, 5) is 14.1. The van der Waals surface area contributed by atoms with Gasteiger partial charge in [-0.2, -0.15) is 0 Å². The van der Waals surface area contributed by atoms with E-state index in [1.165, 1.54) is 0 Å². The van der Waals surface area contributed by atoms with Gasteiger partial charge in [0, 0.05) is 25.3 Å². The van der Waals surface area contributed by atoms with Crippen molar-refractivity contribution in [2.24, 2.45) is 0 Å². The van der Waals surface area contributed by atoms with Crippen molar-refractivity contribution in [2.75, 3.05) is 39.9 Å². The number of amides is 1. The highest BCUT2D eigenvalue weighted by atomic mass is 16.5. The van der Waals surface area contributed by atoms with E-state index in [1.807, 2.05) is 0 Å². The van der Waals surface area contributed by atoms with Crippen molar-refractivity contribution in [1.29, 1.82) is 0 Å². The highest BCUT2D eigenvalue weighted by molar-refractivity contribution is 5.78. The summed E-state index contributed by atoms with van der Waals surface area (Å²) in [6, 6.07) is 0.812. The van der Waals surface area contributed by atoms with Crippen molar-refractivity contribution in [3.63, 3.8) is 0 Å². The van der Waals surface area contributed by atoms with Crippen molar-refractivity contribution >= 4 is 5.91 Å². The van der Waals surface area contributed by atoms with E-state index in [9.17, 15) is 4.79 Å². The molecule has 0 aliphatic carbocycles. The van der Waals surface area contributed by atoms with Gasteiger partial charge < -0.3 is 20.3 Å². The SMILES string of the molecule is CN1CCC(NCC(=O)NC2CCOCC2)CC1. The molecule has 2 fully saturated rings. The van der Waals surface area contributed by atoms with Gasteiger partial charge in [-0.1, -0.05) is 0 Å². The molecule has 2 heterocycles. The number of nitrogens with one attached hydrogen (secondary N) is 2. The molecule has 0 spiro atoms. The van der Waals surface area contributed by atoms with Crippen LogP contribution in [0.3, 0.4) is 0 Å². The number of ether oxygens (including phenoxy) is 1. The van der Waals surface area contributed by atoms with Gasteiger partial charge >= 0.3 is 0 Å². The van der Waals surface area contributed by atoms with Crippen LogP contribution >= 0.6 is 0 Å². The molecule has 5 nitrogen and oxygen atoms in total. The van der Waals surface area contributed by atoms with E-state index in [2.05, 4.69) is 22.6 Å². The Bertz CT molecular complexity index is 259. The van der Waals surface area contributed by atoms with Gasteiger partial charge in [0.05, 0.1) is 6.54 Å². The van der Waals surface area contributed by atoms with Crippen molar-refractivity contribution in [2.45, 2.75) is 37.8 Å². The molecule has 5 heteroatoms. The summed E-state index contributed by atoms with van der Waals surface area (Å²) in [5.74, 6) is 0.126. The Balaban J connectivity index is 1.59. The van der Waals surface area contributed by atoms with Crippen molar-refractivity contribution in [1.82, 2.24) is 15.5 Å². The molecule has 0 aromatic carbocycles. The van der Waals surface area contributed by atoms with Crippen LogP contribution in [0.15, 0.2) is 0 Å². The normalized spacial score (nSPS) is 24.1. The fraction of sp³-hybridized carbons (Fsp3) is 0.923. The lowest BCUT2D eigenvalue weighted by Gasteiger charge is -2.29. The summed E-state index contributed by atoms with van der Waals surface area (Å²) >= 11 is 0. The molecule has 2 aliphatic heterocycles. The third kappa shape index (κ3) is 4.55. The van der Waals surface area contributed by atoms with E-state index >= 15 is 0 Å². The minimum absolute atomic E-state index is 0.126. The second-order valence-electron chi connectivity index (χ2n) is 5.41. The lowest BCUT2D eigenvalue weighted by atomic mass is 10.1. The second-order valence-corrected chi connectivity index (χ2v) is 5.41. The molecule has 18 heavy (non-hydrogen) atoms. The third-order valence-electron chi connectivity index (χ3n) is 3.86.